The van der Waals surface area contributed by atoms with Gasteiger partial charge in [-0.25, -0.2) is 4.98 Å². The number of likely N-dealkylation sites (tertiary alicyclic amines) is 1. The number of rotatable bonds is 5. The smallest absolute Gasteiger partial charge is 0.217 e. The Labute approximate surface area is 104 Å². The Balaban J connectivity index is 2.14. The number of hydrogen-bond acceptors (Lipinski definition) is 3. The highest BCUT2D eigenvalue weighted by Gasteiger charge is 2.27. The lowest BCUT2D eigenvalue weighted by Crippen LogP contribution is -2.24. The molecule has 94 valence electrons. The van der Waals surface area contributed by atoms with Crippen LogP contribution in [0.2, 0.25) is 0 Å². The number of ether oxygens (including phenoxy) is 1. The van der Waals surface area contributed by atoms with Gasteiger partial charge in [-0.05, 0) is 38.4 Å². The summed E-state index contributed by atoms with van der Waals surface area (Å²) in [5, 5.41) is 0. The summed E-state index contributed by atoms with van der Waals surface area (Å²) in [5.41, 5.74) is 1.25. The van der Waals surface area contributed by atoms with Crippen LogP contribution >= 0.6 is 0 Å². The largest absolute Gasteiger partial charge is 0.481 e. The molecule has 0 unspecified atom stereocenters. The van der Waals surface area contributed by atoms with Gasteiger partial charge < -0.3 is 4.74 Å². The van der Waals surface area contributed by atoms with Gasteiger partial charge >= 0.3 is 0 Å². The predicted octanol–water partition coefficient (Wildman–Crippen LogP) is 3.03. The first kappa shape index (κ1) is 12.4. The van der Waals surface area contributed by atoms with Crippen molar-refractivity contribution >= 4 is 0 Å². The topological polar surface area (TPSA) is 25.4 Å². The minimum Gasteiger partial charge on any atom is -0.481 e. The zero-order chi connectivity index (χ0) is 12.1. The van der Waals surface area contributed by atoms with Crippen molar-refractivity contribution in [3.63, 3.8) is 0 Å². The van der Waals surface area contributed by atoms with Crippen LogP contribution in [0.25, 0.3) is 0 Å². The maximum absolute atomic E-state index is 5.37. The van der Waals surface area contributed by atoms with Gasteiger partial charge in [0, 0.05) is 17.8 Å². The first-order valence-corrected chi connectivity index (χ1v) is 6.59. The van der Waals surface area contributed by atoms with Crippen LogP contribution in [0.5, 0.6) is 5.88 Å². The summed E-state index contributed by atoms with van der Waals surface area (Å²) in [6, 6.07) is 4.67. The Bertz CT molecular complexity index is 354. The zero-order valence-corrected chi connectivity index (χ0v) is 10.9. The Morgan fingerprint density at radius 1 is 1.53 bits per heavy atom. The molecule has 1 aliphatic rings. The average Bonchev–Trinajstić information content (AvgIpc) is 2.84. The number of aromatic nitrogens is 1. The van der Waals surface area contributed by atoms with Gasteiger partial charge in [-0.3, -0.25) is 4.90 Å². The van der Waals surface area contributed by atoms with E-state index in [1.165, 1.54) is 44.3 Å². The normalized spacial score (nSPS) is 20.7. The van der Waals surface area contributed by atoms with Gasteiger partial charge in [0.15, 0.2) is 0 Å². The molecule has 0 spiro atoms. The van der Waals surface area contributed by atoms with Gasteiger partial charge in [0.1, 0.15) is 0 Å². The second-order valence-corrected chi connectivity index (χ2v) is 4.65. The molecule has 3 nitrogen and oxygen atoms in total. The van der Waals surface area contributed by atoms with Crippen molar-refractivity contribution in [3.8, 4) is 5.88 Å². The van der Waals surface area contributed by atoms with Crippen LogP contribution in [-0.2, 0) is 0 Å². The first-order chi connectivity index (χ1) is 8.36. The minimum atomic E-state index is 0.505. The third-order valence-corrected chi connectivity index (χ3v) is 3.52. The van der Waals surface area contributed by atoms with Crippen molar-refractivity contribution in [2.45, 2.75) is 38.6 Å². The maximum Gasteiger partial charge on any atom is 0.217 e. The van der Waals surface area contributed by atoms with E-state index in [-0.39, 0.29) is 0 Å². The lowest BCUT2D eigenvalue weighted by Gasteiger charge is -2.25. The number of pyridine rings is 1. The first-order valence-electron chi connectivity index (χ1n) is 6.59. The summed E-state index contributed by atoms with van der Waals surface area (Å²) < 4.78 is 5.37. The summed E-state index contributed by atoms with van der Waals surface area (Å²) in [6.07, 6.45) is 6.85. The molecule has 0 saturated carbocycles. The van der Waals surface area contributed by atoms with Gasteiger partial charge in [-0.1, -0.05) is 19.4 Å². The van der Waals surface area contributed by atoms with E-state index >= 15 is 0 Å². The molecule has 1 aromatic rings. The zero-order valence-electron chi connectivity index (χ0n) is 10.9. The van der Waals surface area contributed by atoms with Gasteiger partial charge in [-0.2, -0.15) is 0 Å². The van der Waals surface area contributed by atoms with E-state index in [0.29, 0.717) is 6.04 Å². The Hall–Kier alpha value is -1.09. The lowest BCUT2D eigenvalue weighted by molar-refractivity contribution is 0.246. The number of nitrogens with zero attached hydrogens (tertiary/aromatic N) is 2. The summed E-state index contributed by atoms with van der Waals surface area (Å²) >= 11 is 0. The molecule has 1 atom stereocenters. The molecular formula is C14H22N2O. The average molecular weight is 234 g/mol. The fraction of sp³-hybridized carbons (Fsp3) is 0.643. The highest BCUT2D eigenvalue weighted by molar-refractivity contribution is 5.29. The van der Waals surface area contributed by atoms with Crippen molar-refractivity contribution < 1.29 is 4.74 Å². The number of methoxy groups -OCH3 is 1. The second kappa shape index (κ2) is 6.01. The molecule has 1 aromatic heterocycles. The molecule has 1 fully saturated rings. The highest BCUT2D eigenvalue weighted by Crippen LogP contribution is 2.35. The SMILES string of the molecule is CCCCN1CCC[C@@H]1c1cccnc1OC. The van der Waals surface area contributed by atoms with Crippen molar-refractivity contribution in [3.05, 3.63) is 23.9 Å². The van der Waals surface area contributed by atoms with Gasteiger partial charge in [0.2, 0.25) is 5.88 Å². The molecule has 0 aliphatic carbocycles. The van der Waals surface area contributed by atoms with Crippen LogP contribution in [-0.4, -0.2) is 30.1 Å². The molecule has 0 amide bonds. The molecule has 1 aliphatic heterocycles. The Morgan fingerprint density at radius 2 is 2.41 bits per heavy atom. The van der Waals surface area contributed by atoms with Crippen LogP contribution in [0.4, 0.5) is 0 Å². The van der Waals surface area contributed by atoms with E-state index in [1.807, 2.05) is 6.07 Å². The second-order valence-electron chi connectivity index (χ2n) is 4.65. The molecule has 3 heteroatoms. The van der Waals surface area contributed by atoms with E-state index in [4.69, 9.17) is 4.74 Å². The van der Waals surface area contributed by atoms with Crippen LogP contribution in [0.1, 0.15) is 44.2 Å². The van der Waals surface area contributed by atoms with E-state index in [0.717, 1.165) is 5.88 Å². The summed E-state index contributed by atoms with van der Waals surface area (Å²) in [5.74, 6) is 0.792. The number of unbranched alkanes of at least 4 members (excludes halogenated alkanes) is 1. The molecule has 0 N–H and O–H groups in total. The molecule has 0 bridgehead atoms. The van der Waals surface area contributed by atoms with Gasteiger partial charge in [0.05, 0.1) is 7.11 Å². The fourth-order valence-corrected chi connectivity index (χ4v) is 2.63. The van der Waals surface area contributed by atoms with Crippen LogP contribution in [0.15, 0.2) is 18.3 Å². The van der Waals surface area contributed by atoms with Crippen molar-refractivity contribution in [1.82, 2.24) is 9.88 Å². The van der Waals surface area contributed by atoms with E-state index in [2.05, 4.69) is 22.9 Å². The van der Waals surface area contributed by atoms with Gasteiger partial charge in [-0.15, -0.1) is 0 Å². The Kier molecular flexibility index (Phi) is 4.37. The summed E-state index contributed by atoms with van der Waals surface area (Å²) in [7, 11) is 1.71. The molecule has 0 aromatic carbocycles. The summed E-state index contributed by atoms with van der Waals surface area (Å²) in [6.45, 7) is 4.65. The van der Waals surface area contributed by atoms with Crippen molar-refractivity contribution in [2.75, 3.05) is 20.2 Å². The molecule has 1 saturated heterocycles. The lowest BCUT2D eigenvalue weighted by atomic mass is 10.1. The standard InChI is InChI=1S/C14H22N2O/c1-3-4-10-16-11-6-8-13(16)12-7-5-9-15-14(12)17-2/h5,7,9,13H,3-4,6,8,10-11H2,1-2H3/t13-/m1/s1. The van der Waals surface area contributed by atoms with E-state index in [1.54, 1.807) is 13.3 Å². The Morgan fingerprint density at radius 3 is 3.18 bits per heavy atom. The van der Waals surface area contributed by atoms with Crippen LogP contribution in [0.3, 0.4) is 0 Å². The van der Waals surface area contributed by atoms with Crippen LogP contribution in [0, 0.1) is 0 Å². The fourth-order valence-electron chi connectivity index (χ4n) is 2.63. The predicted molar refractivity (Wildman–Crippen MR) is 69.2 cm³/mol. The molecule has 2 heterocycles. The quantitative estimate of drug-likeness (QED) is 0.783. The van der Waals surface area contributed by atoms with Crippen LogP contribution < -0.4 is 4.74 Å². The highest BCUT2D eigenvalue weighted by atomic mass is 16.5. The van der Waals surface area contributed by atoms with E-state index in [9.17, 15) is 0 Å². The molecular weight excluding hydrogens is 212 g/mol. The van der Waals surface area contributed by atoms with Crippen molar-refractivity contribution in [2.24, 2.45) is 0 Å². The minimum absolute atomic E-state index is 0.505. The molecule has 17 heavy (non-hydrogen) atoms. The summed E-state index contributed by atoms with van der Waals surface area (Å²) in [4.78, 5) is 6.88. The van der Waals surface area contributed by atoms with Crippen molar-refractivity contribution in [1.29, 1.82) is 0 Å². The van der Waals surface area contributed by atoms with E-state index < -0.39 is 0 Å². The monoisotopic (exact) mass is 234 g/mol. The maximum atomic E-state index is 5.37. The number of hydrogen-bond donors (Lipinski definition) is 0. The third kappa shape index (κ3) is 2.78. The molecule has 2 rings (SSSR count). The molecule has 0 radical (unpaired) electrons. The third-order valence-electron chi connectivity index (χ3n) is 3.52. The van der Waals surface area contributed by atoms with Gasteiger partial charge in [0.25, 0.3) is 0 Å².